The molecule has 22 heavy (non-hydrogen) atoms. The van der Waals surface area contributed by atoms with E-state index in [9.17, 15) is 4.48 Å². The molecule has 1 aromatic carbocycles. The van der Waals surface area contributed by atoms with Crippen LogP contribution in [0.5, 0.6) is 0 Å². The minimum absolute atomic E-state index is 0.0343. The van der Waals surface area contributed by atoms with Crippen LogP contribution in [-0.4, -0.2) is 48.1 Å². The van der Waals surface area contributed by atoms with E-state index >= 15 is 0 Å². The molecular weight excluding hydrogens is 285 g/mol. The molecule has 0 unspecified atom stereocenters. The molecule has 4 rings (SSSR count). The Hall–Kier alpha value is -2.41. The number of hydrogen-bond acceptors (Lipinski definition) is 6. The predicted octanol–water partition coefficient (Wildman–Crippen LogP) is 2.42. The third-order valence-corrected chi connectivity index (χ3v) is 4.09. The van der Waals surface area contributed by atoms with E-state index < -0.39 is 0 Å². The lowest BCUT2D eigenvalue weighted by atomic mass is 10.2. The number of benzene rings is 1. The van der Waals surface area contributed by atoms with Crippen molar-refractivity contribution in [3.05, 3.63) is 24.3 Å². The smallest absolute Gasteiger partial charge is 0.254 e. The van der Waals surface area contributed by atoms with Crippen molar-refractivity contribution >= 4 is 33.8 Å². The van der Waals surface area contributed by atoms with Crippen LogP contribution in [0.4, 0.5) is 16.2 Å². The highest BCUT2D eigenvalue weighted by Gasteiger charge is 2.22. The van der Waals surface area contributed by atoms with Gasteiger partial charge in [0.25, 0.3) is 5.95 Å². The molecule has 6 nitrogen and oxygen atoms in total. The average molecular weight is 301 g/mol. The summed E-state index contributed by atoms with van der Waals surface area (Å²) in [6.07, 6.45) is 0. The second-order valence-electron chi connectivity index (χ2n) is 5.53. The highest BCUT2D eigenvalue weighted by atomic mass is 19.2. The van der Waals surface area contributed by atoms with Gasteiger partial charge in [0.2, 0.25) is 0 Å². The van der Waals surface area contributed by atoms with Gasteiger partial charge < -0.3 is 14.2 Å². The molecule has 0 radical (unpaired) electrons. The van der Waals surface area contributed by atoms with Crippen molar-refractivity contribution < 1.29 is 8.90 Å². The number of hydrogen-bond donors (Lipinski definition) is 1. The number of fused-ring (bicyclic) bond motifs is 3. The Kier molecular flexibility index (Phi) is 3.07. The molecule has 1 fully saturated rings. The van der Waals surface area contributed by atoms with Crippen LogP contribution in [0.3, 0.4) is 0 Å². The van der Waals surface area contributed by atoms with Gasteiger partial charge >= 0.3 is 0 Å². The molecule has 0 bridgehead atoms. The van der Waals surface area contributed by atoms with Gasteiger partial charge in [-0.2, -0.15) is 10.5 Å². The number of aromatic nitrogens is 2. The van der Waals surface area contributed by atoms with Crippen molar-refractivity contribution in [2.45, 2.75) is 0 Å². The molecule has 7 heteroatoms. The second-order valence-corrected chi connectivity index (χ2v) is 5.53. The first-order chi connectivity index (χ1) is 10.8. The summed E-state index contributed by atoms with van der Waals surface area (Å²) < 4.78 is 18.9. The number of likely N-dealkylation sites (N-methyl/N-ethyl adjacent to an activating group) is 1. The lowest BCUT2D eigenvalue weighted by Crippen LogP contribution is -2.44. The maximum Gasteiger partial charge on any atom is 0.254 e. The fourth-order valence-electron chi connectivity index (χ4n) is 2.85. The van der Waals surface area contributed by atoms with Crippen LogP contribution < -0.4 is 10.4 Å². The van der Waals surface area contributed by atoms with Gasteiger partial charge in [0.1, 0.15) is 11.1 Å². The molecule has 114 valence electrons. The number of piperazine rings is 1. The van der Waals surface area contributed by atoms with E-state index in [1.807, 2.05) is 24.3 Å². The summed E-state index contributed by atoms with van der Waals surface area (Å²) in [6.45, 7) is 3.52. The third-order valence-electron chi connectivity index (χ3n) is 4.09. The SMILES string of the molecule is CN1CCN(c2nc(NF)nc3c2oc2ccccc23)CC1. The van der Waals surface area contributed by atoms with E-state index in [2.05, 4.69) is 26.8 Å². The maximum absolute atomic E-state index is 12.9. The van der Waals surface area contributed by atoms with Crippen molar-refractivity contribution in [3.8, 4) is 0 Å². The lowest BCUT2D eigenvalue weighted by Gasteiger charge is -2.33. The van der Waals surface area contributed by atoms with E-state index in [4.69, 9.17) is 4.42 Å². The molecule has 0 amide bonds. The molecule has 2 aromatic heterocycles. The van der Waals surface area contributed by atoms with Gasteiger partial charge in [-0.1, -0.05) is 12.1 Å². The number of furan rings is 1. The van der Waals surface area contributed by atoms with Crippen LogP contribution in [0.15, 0.2) is 28.7 Å². The van der Waals surface area contributed by atoms with Crippen molar-refractivity contribution in [2.75, 3.05) is 43.7 Å². The highest BCUT2D eigenvalue weighted by molar-refractivity contribution is 6.06. The molecule has 3 aromatic rings. The number of rotatable bonds is 2. The topological polar surface area (TPSA) is 57.4 Å². The largest absolute Gasteiger partial charge is 0.450 e. The highest BCUT2D eigenvalue weighted by Crippen LogP contribution is 2.34. The normalized spacial score (nSPS) is 16.5. The summed E-state index contributed by atoms with van der Waals surface area (Å²) in [5.41, 5.74) is 3.55. The van der Waals surface area contributed by atoms with Gasteiger partial charge in [-0.15, -0.1) is 4.48 Å². The summed E-state index contributed by atoms with van der Waals surface area (Å²) in [5.74, 6) is 0.613. The quantitative estimate of drug-likeness (QED) is 0.734. The summed E-state index contributed by atoms with van der Waals surface area (Å²) in [7, 11) is 2.09. The van der Waals surface area contributed by atoms with Gasteiger partial charge in [-0.25, -0.2) is 4.98 Å². The van der Waals surface area contributed by atoms with Gasteiger partial charge in [-0.05, 0) is 19.2 Å². The van der Waals surface area contributed by atoms with Gasteiger partial charge in [0.05, 0.1) is 0 Å². The number of anilines is 2. The summed E-state index contributed by atoms with van der Waals surface area (Å²) in [5, 5.41) is 0.867. The second kappa shape index (κ2) is 5.10. The van der Waals surface area contributed by atoms with E-state index in [0.29, 0.717) is 16.9 Å². The fourth-order valence-corrected chi connectivity index (χ4v) is 2.85. The molecule has 0 spiro atoms. The molecule has 1 N–H and O–H groups in total. The molecule has 1 aliphatic rings. The van der Waals surface area contributed by atoms with E-state index in [1.165, 1.54) is 0 Å². The Balaban J connectivity index is 1.92. The number of halogens is 1. The third kappa shape index (κ3) is 2.05. The first kappa shape index (κ1) is 13.3. The number of nitrogens with one attached hydrogen (secondary N) is 1. The maximum atomic E-state index is 12.9. The van der Waals surface area contributed by atoms with E-state index in [1.54, 1.807) is 5.54 Å². The van der Waals surface area contributed by atoms with Crippen LogP contribution in [0.25, 0.3) is 22.1 Å². The zero-order valence-corrected chi connectivity index (χ0v) is 12.2. The van der Waals surface area contributed by atoms with Crippen molar-refractivity contribution in [1.29, 1.82) is 0 Å². The van der Waals surface area contributed by atoms with Crippen molar-refractivity contribution in [2.24, 2.45) is 0 Å². The molecule has 1 saturated heterocycles. The number of para-hydroxylation sites is 1. The Morgan fingerprint density at radius 3 is 2.68 bits per heavy atom. The zero-order chi connectivity index (χ0) is 15.1. The van der Waals surface area contributed by atoms with Gasteiger partial charge in [-0.3, -0.25) is 0 Å². The standard InChI is InChI=1S/C15H16FN5O/c1-20-6-8-21(9-7-20)14-13-12(17-15(18-14)19-16)10-4-2-3-5-11(10)22-13/h2-5H,6-9H2,1H3,(H,17,18,19). The van der Waals surface area contributed by atoms with Crippen LogP contribution in [0.1, 0.15) is 0 Å². The monoisotopic (exact) mass is 301 g/mol. The summed E-state index contributed by atoms with van der Waals surface area (Å²) >= 11 is 0. The lowest BCUT2D eigenvalue weighted by molar-refractivity contribution is 0.312. The molecule has 0 aliphatic carbocycles. The minimum Gasteiger partial charge on any atom is -0.450 e. The predicted molar refractivity (Wildman–Crippen MR) is 83.8 cm³/mol. The van der Waals surface area contributed by atoms with Gasteiger partial charge in [0.15, 0.2) is 11.4 Å². The first-order valence-electron chi connectivity index (χ1n) is 7.25. The average Bonchev–Trinajstić information content (AvgIpc) is 2.93. The Morgan fingerprint density at radius 1 is 1.14 bits per heavy atom. The molecule has 1 aliphatic heterocycles. The van der Waals surface area contributed by atoms with Crippen LogP contribution in [0.2, 0.25) is 0 Å². The molecular formula is C15H16FN5O. The summed E-state index contributed by atoms with van der Waals surface area (Å²) in [4.78, 5) is 12.9. The van der Waals surface area contributed by atoms with Gasteiger partial charge in [0, 0.05) is 31.6 Å². The van der Waals surface area contributed by atoms with Crippen molar-refractivity contribution in [1.82, 2.24) is 14.9 Å². The zero-order valence-electron chi connectivity index (χ0n) is 12.2. The molecule has 0 atom stereocenters. The first-order valence-corrected chi connectivity index (χ1v) is 7.25. The number of nitrogens with zero attached hydrogens (tertiary/aromatic N) is 4. The van der Waals surface area contributed by atoms with Crippen molar-refractivity contribution in [3.63, 3.8) is 0 Å². The Bertz CT molecular complexity index is 825. The van der Waals surface area contributed by atoms with Crippen LogP contribution in [0, 0.1) is 0 Å². The van der Waals surface area contributed by atoms with E-state index in [0.717, 1.165) is 37.1 Å². The van der Waals surface area contributed by atoms with E-state index in [-0.39, 0.29) is 5.95 Å². The Labute approximate surface area is 126 Å². The van der Waals surface area contributed by atoms with Crippen LogP contribution in [-0.2, 0) is 0 Å². The van der Waals surface area contributed by atoms with Crippen LogP contribution >= 0.6 is 0 Å². The minimum atomic E-state index is -0.0343. The molecule has 0 saturated carbocycles. The Morgan fingerprint density at radius 2 is 1.91 bits per heavy atom. The molecule has 3 heterocycles. The summed E-state index contributed by atoms with van der Waals surface area (Å²) in [6, 6.07) is 7.62. The fraction of sp³-hybridized carbons (Fsp3) is 0.333.